The molecule has 1 amide bonds. The van der Waals surface area contributed by atoms with Gasteiger partial charge in [0, 0.05) is 41.8 Å². The lowest BCUT2D eigenvalue weighted by Gasteiger charge is -2.35. The lowest BCUT2D eigenvalue weighted by atomic mass is 9.96. The van der Waals surface area contributed by atoms with E-state index in [1.807, 2.05) is 29.2 Å². The van der Waals surface area contributed by atoms with E-state index >= 15 is 0 Å². The third kappa shape index (κ3) is 4.72. The number of fused-ring (bicyclic) bond motifs is 1. The van der Waals surface area contributed by atoms with Gasteiger partial charge in [-0.25, -0.2) is 12.8 Å². The number of thioether (sulfide) groups is 1. The van der Waals surface area contributed by atoms with Gasteiger partial charge in [-0.05, 0) is 50.1 Å². The van der Waals surface area contributed by atoms with Crippen LogP contribution in [0.2, 0.25) is 0 Å². The minimum Gasteiger partial charge on any atom is -0.355 e. The van der Waals surface area contributed by atoms with Gasteiger partial charge < -0.3 is 9.42 Å². The number of nitrogens with zero attached hydrogens (tertiary/aromatic N) is 3. The van der Waals surface area contributed by atoms with Crippen LogP contribution in [0.3, 0.4) is 0 Å². The number of anilines is 1. The van der Waals surface area contributed by atoms with Gasteiger partial charge in [0.15, 0.2) is 10.7 Å². The molecule has 10 heteroatoms. The maximum atomic E-state index is 14.0. The zero-order valence-corrected chi connectivity index (χ0v) is 21.4. The summed E-state index contributed by atoms with van der Waals surface area (Å²) < 4.78 is 47.7. The number of piperidine rings is 1. The maximum Gasteiger partial charge on any atom is 0.248 e. The highest BCUT2D eigenvalue weighted by Gasteiger charge is 2.37. The topological polar surface area (TPSA) is 83.7 Å². The Kier molecular flexibility index (Phi) is 7.00. The fraction of sp³-hybridized carbons (Fsp3) is 0.308. The van der Waals surface area contributed by atoms with Crippen molar-refractivity contribution in [2.24, 2.45) is 5.92 Å². The minimum atomic E-state index is -3.91. The zero-order chi connectivity index (χ0) is 25.3. The number of sulfonamides is 1. The van der Waals surface area contributed by atoms with Crippen LogP contribution in [0.15, 0.2) is 62.8 Å². The molecule has 0 spiro atoms. The molecule has 5 rings (SSSR count). The van der Waals surface area contributed by atoms with Crippen molar-refractivity contribution in [2.45, 2.75) is 29.6 Å². The molecule has 0 bridgehead atoms. The van der Waals surface area contributed by atoms with E-state index in [-0.39, 0.29) is 41.3 Å². The summed E-state index contributed by atoms with van der Waals surface area (Å²) in [6.07, 6.45) is 3.77. The summed E-state index contributed by atoms with van der Waals surface area (Å²) in [7, 11) is -3.91. The first-order valence-corrected chi connectivity index (χ1v) is 14.2. The normalized spacial score (nSPS) is 17.4. The largest absolute Gasteiger partial charge is 0.355 e. The first-order valence-electron chi connectivity index (χ1n) is 11.8. The van der Waals surface area contributed by atoms with Gasteiger partial charge in [-0.2, -0.15) is 4.31 Å². The third-order valence-electron chi connectivity index (χ3n) is 6.55. The van der Waals surface area contributed by atoms with E-state index in [0.717, 1.165) is 16.3 Å². The van der Waals surface area contributed by atoms with Crippen molar-refractivity contribution in [1.82, 2.24) is 9.46 Å². The van der Waals surface area contributed by atoms with Gasteiger partial charge in [-0.15, -0.1) is 11.8 Å². The van der Waals surface area contributed by atoms with Crippen LogP contribution in [0.4, 0.5) is 10.1 Å². The summed E-state index contributed by atoms with van der Waals surface area (Å²) in [5, 5.41) is 3.85. The Labute approximate surface area is 214 Å². The number of aryl methyl sites for hydroxylation is 1. The second-order valence-electron chi connectivity index (χ2n) is 8.80. The van der Waals surface area contributed by atoms with E-state index in [4.69, 9.17) is 4.52 Å². The summed E-state index contributed by atoms with van der Waals surface area (Å²) in [6.45, 7) is 2.67. The molecule has 0 N–H and O–H groups in total. The number of benzene rings is 2. The SMILES string of the molecule is Cc1noc(/C=C/c2ccccc2F)c1S(=O)(=O)N1CCC(C(=O)N2CCSc3ccccc32)CC1. The van der Waals surface area contributed by atoms with Crippen molar-refractivity contribution in [3.8, 4) is 0 Å². The summed E-state index contributed by atoms with van der Waals surface area (Å²) in [5.74, 6) is 0.282. The van der Waals surface area contributed by atoms with Gasteiger partial charge in [0.2, 0.25) is 15.9 Å². The summed E-state index contributed by atoms with van der Waals surface area (Å²) in [5.41, 5.74) is 1.48. The predicted octanol–water partition coefficient (Wildman–Crippen LogP) is 4.83. The fourth-order valence-electron chi connectivity index (χ4n) is 4.67. The Hall–Kier alpha value is -2.95. The van der Waals surface area contributed by atoms with Gasteiger partial charge in [0.1, 0.15) is 11.5 Å². The van der Waals surface area contributed by atoms with Gasteiger partial charge in [0.05, 0.1) is 5.69 Å². The first kappa shape index (κ1) is 24.7. The van der Waals surface area contributed by atoms with Crippen molar-refractivity contribution >= 4 is 45.5 Å². The van der Waals surface area contributed by atoms with Crippen LogP contribution in [0.5, 0.6) is 0 Å². The highest BCUT2D eigenvalue weighted by Crippen LogP contribution is 2.36. The maximum absolute atomic E-state index is 14.0. The van der Waals surface area contributed by atoms with Crippen LogP contribution in [-0.2, 0) is 14.8 Å². The number of aromatic nitrogens is 1. The Balaban J connectivity index is 1.31. The second-order valence-corrected chi connectivity index (χ2v) is 11.8. The lowest BCUT2D eigenvalue weighted by Crippen LogP contribution is -2.45. The number of hydrogen-bond donors (Lipinski definition) is 0. The van der Waals surface area contributed by atoms with Crippen LogP contribution in [-0.4, -0.2) is 49.2 Å². The smallest absolute Gasteiger partial charge is 0.248 e. The molecule has 2 aromatic carbocycles. The van der Waals surface area contributed by atoms with E-state index in [1.54, 1.807) is 36.9 Å². The quantitative estimate of drug-likeness (QED) is 0.473. The van der Waals surface area contributed by atoms with Crippen molar-refractivity contribution in [2.75, 3.05) is 30.3 Å². The second kappa shape index (κ2) is 10.2. The highest BCUT2D eigenvalue weighted by atomic mass is 32.2. The molecule has 0 atom stereocenters. The summed E-state index contributed by atoms with van der Waals surface area (Å²) in [4.78, 5) is 16.3. The van der Waals surface area contributed by atoms with Gasteiger partial charge in [-0.3, -0.25) is 4.79 Å². The van der Waals surface area contributed by atoms with Gasteiger partial charge in [0.25, 0.3) is 0 Å². The molecule has 2 aliphatic heterocycles. The Morgan fingerprint density at radius 2 is 1.81 bits per heavy atom. The van der Waals surface area contributed by atoms with E-state index in [9.17, 15) is 17.6 Å². The molecule has 1 fully saturated rings. The van der Waals surface area contributed by atoms with Crippen LogP contribution in [0.25, 0.3) is 12.2 Å². The van der Waals surface area contributed by atoms with Crippen LogP contribution >= 0.6 is 11.8 Å². The van der Waals surface area contributed by atoms with Crippen molar-refractivity contribution in [3.05, 3.63) is 71.4 Å². The van der Waals surface area contributed by atoms with Crippen LogP contribution < -0.4 is 4.90 Å². The molecule has 1 aromatic heterocycles. The van der Waals surface area contributed by atoms with E-state index in [2.05, 4.69) is 5.16 Å². The molecular formula is C26H26FN3O4S2. The molecular weight excluding hydrogens is 501 g/mol. The fourth-order valence-corrected chi connectivity index (χ4v) is 7.38. The van der Waals surface area contributed by atoms with E-state index < -0.39 is 15.8 Å². The standard InChI is InChI=1S/C26H26FN3O4S2/c1-18-25(23(34-28-18)11-10-19-6-2-3-7-21(19)27)36(32,33)29-14-12-20(13-15-29)26(31)30-16-17-35-24-9-5-4-8-22(24)30/h2-11,20H,12-17H2,1H3/b11-10+. The van der Waals surface area contributed by atoms with Crippen LogP contribution in [0.1, 0.15) is 29.9 Å². The lowest BCUT2D eigenvalue weighted by molar-refractivity contribution is -0.123. The molecule has 36 heavy (non-hydrogen) atoms. The summed E-state index contributed by atoms with van der Waals surface area (Å²) >= 11 is 1.74. The highest BCUT2D eigenvalue weighted by molar-refractivity contribution is 7.99. The Morgan fingerprint density at radius 3 is 2.58 bits per heavy atom. The average molecular weight is 528 g/mol. The summed E-state index contributed by atoms with van der Waals surface area (Å²) in [6, 6.07) is 14.1. The number of carbonyl (C=O) groups excluding carboxylic acids is 1. The number of halogens is 1. The molecule has 1 saturated heterocycles. The average Bonchev–Trinajstić information content (AvgIpc) is 3.28. The van der Waals surface area contributed by atoms with Crippen LogP contribution in [0, 0.1) is 18.7 Å². The third-order valence-corrected chi connectivity index (χ3v) is 9.65. The molecule has 0 aliphatic carbocycles. The molecule has 188 valence electrons. The number of carbonyl (C=O) groups is 1. The van der Waals surface area contributed by atoms with Crippen molar-refractivity contribution < 1.29 is 22.1 Å². The molecule has 0 saturated carbocycles. The molecule has 7 nitrogen and oxygen atoms in total. The minimum absolute atomic E-state index is 0.0261. The first-order chi connectivity index (χ1) is 17.4. The molecule has 0 unspecified atom stereocenters. The number of rotatable bonds is 5. The van der Waals surface area contributed by atoms with E-state index in [1.165, 1.54) is 22.5 Å². The number of hydrogen-bond acceptors (Lipinski definition) is 6. The van der Waals surface area contributed by atoms with E-state index in [0.29, 0.717) is 24.9 Å². The van der Waals surface area contributed by atoms with Crippen molar-refractivity contribution in [1.29, 1.82) is 0 Å². The van der Waals surface area contributed by atoms with Gasteiger partial charge in [-0.1, -0.05) is 35.5 Å². The predicted molar refractivity (Wildman–Crippen MR) is 138 cm³/mol. The molecule has 0 radical (unpaired) electrons. The van der Waals surface area contributed by atoms with Crippen molar-refractivity contribution in [3.63, 3.8) is 0 Å². The molecule has 2 aliphatic rings. The zero-order valence-electron chi connectivity index (χ0n) is 19.8. The number of para-hydroxylation sites is 1. The Morgan fingerprint density at radius 1 is 1.08 bits per heavy atom. The monoisotopic (exact) mass is 527 g/mol. The molecule has 3 heterocycles. The number of amides is 1. The Bertz CT molecular complexity index is 1410. The molecule has 3 aromatic rings. The van der Waals surface area contributed by atoms with Gasteiger partial charge >= 0.3 is 0 Å².